The van der Waals surface area contributed by atoms with Crippen LogP contribution in [-0.2, 0) is 10.0 Å². The van der Waals surface area contributed by atoms with Crippen LogP contribution in [0.4, 0.5) is 0 Å². The number of thiophene rings is 1. The van der Waals surface area contributed by atoms with Gasteiger partial charge in [-0.3, -0.25) is 4.79 Å². The molecule has 1 saturated heterocycles. The van der Waals surface area contributed by atoms with Gasteiger partial charge in [0, 0.05) is 40.9 Å². The van der Waals surface area contributed by atoms with Crippen LogP contribution in [0.3, 0.4) is 0 Å². The predicted molar refractivity (Wildman–Crippen MR) is 109 cm³/mol. The van der Waals surface area contributed by atoms with Crippen molar-refractivity contribution in [1.29, 1.82) is 0 Å². The van der Waals surface area contributed by atoms with Crippen molar-refractivity contribution in [3.8, 4) is 9.88 Å². The molecule has 0 spiro atoms. The monoisotopic (exact) mass is 477 g/mol. The third-order valence-electron chi connectivity index (χ3n) is 4.40. The second-order valence-electron chi connectivity index (χ2n) is 6.16. The normalized spacial score (nSPS) is 16.4. The van der Waals surface area contributed by atoms with E-state index in [1.807, 2.05) is 18.4 Å². The van der Waals surface area contributed by atoms with Crippen molar-refractivity contribution in [3.63, 3.8) is 0 Å². The van der Waals surface area contributed by atoms with Crippen LogP contribution in [0.25, 0.3) is 9.88 Å². The third kappa shape index (κ3) is 4.36. The molecule has 6 nitrogen and oxygen atoms in total. The molecule has 142 valence electrons. The number of rotatable bonds is 5. The second-order valence-corrected chi connectivity index (χ2v) is 10.8. The fourth-order valence-electron chi connectivity index (χ4n) is 3.19. The maximum absolute atomic E-state index is 12.7. The minimum atomic E-state index is -3.21. The van der Waals surface area contributed by atoms with Gasteiger partial charge in [-0.05, 0) is 34.8 Å². The van der Waals surface area contributed by atoms with Gasteiger partial charge in [-0.25, -0.2) is 13.4 Å². The van der Waals surface area contributed by atoms with E-state index in [0.717, 1.165) is 14.4 Å². The Morgan fingerprint density at radius 3 is 2.58 bits per heavy atom. The van der Waals surface area contributed by atoms with E-state index in [2.05, 4.69) is 20.9 Å². The largest absolute Gasteiger partial charge is 0.337 e. The molecule has 26 heavy (non-hydrogen) atoms. The summed E-state index contributed by atoms with van der Waals surface area (Å²) in [6.45, 7) is 3.40. The summed E-state index contributed by atoms with van der Waals surface area (Å²) < 4.78 is 26.3. The molecule has 1 amide bonds. The van der Waals surface area contributed by atoms with E-state index in [-0.39, 0.29) is 11.9 Å². The highest BCUT2D eigenvalue weighted by atomic mass is 79.9. The first kappa shape index (κ1) is 19.9. The number of amides is 1. The molecule has 1 aliphatic rings. The van der Waals surface area contributed by atoms with Crippen molar-refractivity contribution in [3.05, 3.63) is 27.0 Å². The van der Waals surface area contributed by atoms with Crippen LogP contribution in [0.2, 0.25) is 0 Å². The van der Waals surface area contributed by atoms with Gasteiger partial charge in [0.25, 0.3) is 5.91 Å². The molecule has 0 bridgehead atoms. The highest BCUT2D eigenvalue weighted by molar-refractivity contribution is 9.10. The van der Waals surface area contributed by atoms with Gasteiger partial charge >= 0.3 is 0 Å². The van der Waals surface area contributed by atoms with Gasteiger partial charge in [0.05, 0.1) is 11.1 Å². The Kier molecular flexibility index (Phi) is 6.18. The van der Waals surface area contributed by atoms with Gasteiger partial charge in [-0.2, -0.15) is 4.31 Å². The molecule has 0 aliphatic carbocycles. The summed E-state index contributed by atoms with van der Waals surface area (Å²) in [5, 5.41) is 4.63. The Morgan fingerprint density at radius 1 is 1.35 bits per heavy atom. The minimum Gasteiger partial charge on any atom is -0.337 e. The summed E-state index contributed by atoms with van der Waals surface area (Å²) >= 11 is 6.48. The number of sulfonamides is 1. The van der Waals surface area contributed by atoms with Crippen LogP contribution in [-0.4, -0.2) is 60.4 Å². The zero-order chi connectivity index (χ0) is 18.9. The molecule has 0 radical (unpaired) electrons. The Bertz CT molecular complexity index is 885. The van der Waals surface area contributed by atoms with E-state index in [9.17, 15) is 13.2 Å². The van der Waals surface area contributed by atoms with E-state index in [0.29, 0.717) is 38.2 Å². The number of carbonyl (C=O) groups excluding carboxylic acids is 1. The predicted octanol–water partition coefficient (Wildman–Crippen LogP) is 3.52. The van der Waals surface area contributed by atoms with Gasteiger partial charge in [0.1, 0.15) is 10.7 Å². The van der Waals surface area contributed by atoms with Crippen LogP contribution < -0.4 is 0 Å². The Balaban J connectivity index is 1.65. The summed E-state index contributed by atoms with van der Waals surface area (Å²) in [6.07, 6.45) is 2.55. The van der Waals surface area contributed by atoms with E-state index >= 15 is 0 Å². The lowest BCUT2D eigenvalue weighted by molar-refractivity contribution is 0.0675. The first-order chi connectivity index (χ1) is 12.3. The molecule has 0 N–H and O–H groups in total. The lowest BCUT2D eigenvalue weighted by Crippen LogP contribution is -2.48. The van der Waals surface area contributed by atoms with Crippen LogP contribution in [0.15, 0.2) is 21.3 Å². The highest BCUT2D eigenvalue weighted by Gasteiger charge is 2.31. The summed E-state index contributed by atoms with van der Waals surface area (Å²) in [6, 6.07) is 1.96. The molecule has 1 fully saturated rings. The number of hydrogen-bond donors (Lipinski definition) is 0. The zero-order valence-corrected chi connectivity index (χ0v) is 18.5. The number of halogens is 1. The number of thiazole rings is 1. The molecular formula is C16H20BrN3O3S3. The minimum absolute atomic E-state index is 0.0338. The van der Waals surface area contributed by atoms with E-state index in [1.165, 1.54) is 21.9 Å². The van der Waals surface area contributed by atoms with Gasteiger partial charge in [-0.1, -0.05) is 6.92 Å². The van der Waals surface area contributed by atoms with Gasteiger partial charge in [0.2, 0.25) is 10.0 Å². The molecule has 0 saturated carbocycles. The summed E-state index contributed by atoms with van der Waals surface area (Å²) in [5.41, 5.74) is 0.462. The topological polar surface area (TPSA) is 70.6 Å². The maximum Gasteiger partial charge on any atom is 0.273 e. The van der Waals surface area contributed by atoms with E-state index in [1.54, 1.807) is 21.6 Å². The Morgan fingerprint density at radius 2 is 2.04 bits per heavy atom. The molecular weight excluding hydrogens is 458 g/mol. The Hall–Kier alpha value is -0.810. The molecule has 1 aliphatic heterocycles. The number of hydrogen-bond acceptors (Lipinski definition) is 6. The average molecular weight is 478 g/mol. The standard InChI is InChI=1S/C16H20BrN3O3S3/c1-3-20(26(2,22)23)12-4-6-19(7-5-12)16(21)13-10-25-15(18-13)14-8-11(17)9-24-14/h8-10,12H,3-7H2,1-2H3. The van der Waals surface area contributed by atoms with Crippen molar-refractivity contribution in [2.24, 2.45) is 0 Å². The summed E-state index contributed by atoms with van der Waals surface area (Å²) in [7, 11) is -3.21. The van der Waals surface area contributed by atoms with Crippen molar-refractivity contribution in [2.75, 3.05) is 25.9 Å². The Labute approximate surface area is 170 Å². The molecule has 10 heteroatoms. The number of carbonyl (C=O) groups is 1. The number of likely N-dealkylation sites (tertiary alicyclic amines) is 1. The first-order valence-corrected chi connectivity index (χ1v) is 12.7. The van der Waals surface area contributed by atoms with Crippen LogP contribution in [0, 0.1) is 0 Å². The fraction of sp³-hybridized carbons (Fsp3) is 0.500. The quantitative estimate of drug-likeness (QED) is 0.660. The van der Waals surface area contributed by atoms with Crippen molar-refractivity contribution < 1.29 is 13.2 Å². The van der Waals surface area contributed by atoms with E-state index < -0.39 is 10.0 Å². The summed E-state index contributed by atoms with van der Waals surface area (Å²) in [4.78, 5) is 20.0. The molecule has 2 aromatic rings. The molecule has 0 aromatic carbocycles. The molecule has 3 rings (SSSR count). The second kappa shape index (κ2) is 8.05. The third-order valence-corrected chi connectivity index (χ3v) is 8.51. The molecule has 0 atom stereocenters. The number of piperidine rings is 1. The van der Waals surface area contributed by atoms with Gasteiger partial charge in [-0.15, -0.1) is 22.7 Å². The van der Waals surface area contributed by atoms with Crippen molar-refractivity contribution in [2.45, 2.75) is 25.8 Å². The van der Waals surface area contributed by atoms with Gasteiger partial charge < -0.3 is 4.90 Å². The van der Waals surface area contributed by atoms with Crippen molar-refractivity contribution in [1.82, 2.24) is 14.2 Å². The highest BCUT2D eigenvalue weighted by Crippen LogP contribution is 2.32. The lowest BCUT2D eigenvalue weighted by Gasteiger charge is -2.36. The van der Waals surface area contributed by atoms with Crippen LogP contribution in [0.5, 0.6) is 0 Å². The molecule has 2 aromatic heterocycles. The average Bonchev–Trinajstić information content (AvgIpc) is 3.23. The summed E-state index contributed by atoms with van der Waals surface area (Å²) in [5.74, 6) is -0.0797. The van der Waals surface area contributed by atoms with Gasteiger partial charge in [0.15, 0.2) is 0 Å². The number of nitrogens with zero attached hydrogens (tertiary/aromatic N) is 3. The molecule has 3 heterocycles. The maximum atomic E-state index is 12.7. The van der Waals surface area contributed by atoms with E-state index in [4.69, 9.17) is 0 Å². The van der Waals surface area contributed by atoms with Crippen LogP contribution in [0.1, 0.15) is 30.3 Å². The van der Waals surface area contributed by atoms with Crippen LogP contribution >= 0.6 is 38.6 Å². The van der Waals surface area contributed by atoms with Crippen molar-refractivity contribution >= 4 is 54.5 Å². The smallest absolute Gasteiger partial charge is 0.273 e. The fourth-order valence-corrected chi connectivity index (χ4v) is 6.72. The lowest BCUT2D eigenvalue weighted by atomic mass is 10.0. The SMILES string of the molecule is CCN(C1CCN(C(=O)c2csc(-c3cc(Br)cs3)n2)CC1)S(C)(=O)=O. The number of aromatic nitrogens is 1. The zero-order valence-electron chi connectivity index (χ0n) is 14.5. The molecule has 0 unspecified atom stereocenters. The first-order valence-electron chi connectivity index (χ1n) is 8.25.